The number of nitrogens with one attached hydrogen (secondary N) is 4. The first-order valence-electron chi connectivity index (χ1n) is 14.3. The summed E-state index contributed by atoms with van der Waals surface area (Å²) < 4.78 is 10.9. The van der Waals surface area contributed by atoms with Gasteiger partial charge >= 0.3 is 6.09 Å². The predicted octanol–water partition coefficient (Wildman–Crippen LogP) is 5.60. The third kappa shape index (κ3) is 14.1. The number of aliphatic imine (C=N–C) groups is 1. The molecular weight excluding hydrogens is 635 g/mol. The molecular formula is C32H40Cl2N6O6. The standard InChI is InChI=1S/C32H40Cl2N6O6/c1-7-14-35-20-28(42)37-29-24(33)16-21(17-25(29)34)19-36-30(39-31(43)46-32(4,5)6)38-27(41)18-26(40-45-9-3)22-10-12-23(13-11-22)44-15-8-2/h7-8,10-13,16-17,35H,1-2,9,14-15,18-20H2,3-6H3,(H,37,42)(H2,36,38,39,41,43)/b40-26-. The highest BCUT2D eigenvalue weighted by atomic mass is 35.5. The van der Waals surface area contributed by atoms with Crippen LogP contribution in [0.15, 0.2) is 71.9 Å². The summed E-state index contributed by atoms with van der Waals surface area (Å²) in [6, 6.07) is 10.1. The van der Waals surface area contributed by atoms with Gasteiger partial charge < -0.3 is 24.9 Å². The van der Waals surface area contributed by atoms with Crippen molar-refractivity contribution < 1.29 is 28.7 Å². The van der Waals surface area contributed by atoms with Crippen LogP contribution in [0.4, 0.5) is 10.5 Å². The van der Waals surface area contributed by atoms with E-state index in [4.69, 9.17) is 37.5 Å². The Morgan fingerprint density at radius 3 is 2.24 bits per heavy atom. The topological polar surface area (TPSA) is 152 Å². The van der Waals surface area contributed by atoms with Gasteiger partial charge in [-0.1, -0.05) is 47.1 Å². The van der Waals surface area contributed by atoms with Gasteiger partial charge in [-0.05, 0) is 69.7 Å². The molecule has 0 heterocycles. The minimum absolute atomic E-state index is 0.0383. The average Bonchev–Trinajstić information content (AvgIpc) is 2.98. The molecule has 0 aliphatic heterocycles. The number of guanidine groups is 1. The number of alkyl carbamates (subject to hydrolysis) is 1. The van der Waals surface area contributed by atoms with E-state index in [2.05, 4.69) is 44.6 Å². The molecule has 248 valence electrons. The van der Waals surface area contributed by atoms with Gasteiger partial charge in [0.15, 0.2) is 0 Å². The SMILES string of the molecule is C=CCNCC(=O)Nc1c(Cl)cc(CN=C(NC(=O)C/C(=N/OCC)c2ccc(OCC=C)cc2)NC(=O)OC(C)(C)C)cc1Cl. The maximum Gasteiger partial charge on any atom is 0.414 e. The number of hydrogen-bond acceptors (Lipinski definition) is 9. The summed E-state index contributed by atoms with van der Waals surface area (Å²) in [4.78, 5) is 47.6. The number of hydrogen-bond donors (Lipinski definition) is 4. The van der Waals surface area contributed by atoms with Gasteiger partial charge in [0.1, 0.15) is 24.6 Å². The number of carbonyl (C=O) groups excluding carboxylic acids is 3. The summed E-state index contributed by atoms with van der Waals surface area (Å²) in [5.74, 6) is -0.441. The second kappa shape index (κ2) is 19.2. The molecule has 2 rings (SSSR count). The van der Waals surface area contributed by atoms with Crippen molar-refractivity contribution in [3.05, 3.63) is 82.9 Å². The van der Waals surface area contributed by atoms with E-state index in [0.29, 0.717) is 42.3 Å². The maximum atomic E-state index is 13.2. The zero-order valence-corrected chi connectivity index (χ0v) is 27.9. The highest BCUT2D eigenvalue weighted by Gasteiger charge is 2.20. The van der Waals surface area contributed by atoms with E-state index in [9.17, 15) is 14.4 Å². The van der Waals surface area contributed by atoms with E-state index >= 15 is 0 Å². The van der Waals surface area contributed by atoms with Crippen molar-refractivity contribution in [2.45, 2.75) is 46.3 Å². The van der Waals surface area contributed by atoms with Crippen LogP contribution in [0.1, 0.15) is 45.2 Å². The number of oxime groups is 1. The van der Waals surface area contributed by atoms with E-state index < -0.39 is 17.6 Å². The molecule has 2 aromatic rings. The van der Waals surface area contributed by atoms with Gasteiger partial charge in [0.25, 0.3) is 0 Å². The molecule has 14 heteroatoms. The first-order chi connectivity index (χ1) is 21.8. The van der Waals surface area contributed by atoms with Crippen molar-refractivity contribution in [1.29, 1.82) is 0 Å². The Hall–Kier alpha value is -4.39. The van der Waals surface area contributed by atoms with E-state index in [1.54, 1.807) is 76.2 Å². The lowest BCUT2D eigenvalue weighted by molar-refractivity contribution is -0.118. The van der Waals surface area contributed by atoms with Gasteiger partial charge in [0.2, 0.25) is 17.8 Å². The lowest BCUT2D eigenvalue weighted by Gasteiger charge is -2.20. The van der Waals surface area contributed by atoms with Crippen LogP contribution in [0.2, 0.25) is 10.0 Å². The maximum absolute atomic E-state index is 13.2. The third-order valence-corrected chi connectivity index (χ3v) is 6.02. The first-order valence-corrected chi connectivity index (χ1v) is 15.1. The fraction of sp³-hybridized carbons (Fsp3) is 0.344. The average molecular weight is 676 g/mol. The van der Waals surface area contributed by atoms with Crippen LogP contribution < -0.4 is 26.0 Å². The van der Waals surface area contributed by atoms with E-state index in [1.165, 1.54) is 0 Å². The number of anilines is 1. The molecule has 4 N–H and O–H groups in total. The van der Waals surface area contributed by atoms with Crippen LogP contribution in [-0.2, 0) is 25.7 Å². The summed E-state index contributed by atoms with van der Waals surface area (Å²) >= 11 is 12.8. The largest absolute Gasteiger partial charge is 0.490 e. The molecule has 0 fully saturated rings. The number of benzene rings is 2. The fourth-order valence-electron chi connectivity index (χ4n) is 3.55. The Kier molecular flexibility index (Phi) is 15.8. The highest BCUT2D eigenvalue weighted by molar-refractivity contribution is 6.39. The molecule has 0 radical (unpaired) electrons. The highest BCUT2D eigenvalue weighted by Crippen LogP contribution is 2.32. The van der Waals surface area contributed by atoms with Crippen LogP contribution >= 0.6 is 23.2 Å². The molecule has 12 nitrogen and oxygen atoms in total. The Bertz CT molecular complexity index is 1410. The van der Waals surface area contributed by atoms with Crippen LogP contribution in [0.3, 0.4) is 0 Å². The van der Waals surface area contributed by atoms with Crippen molar-refractivity contribution in [3.63, 3.8) is 0 Å². The smallest absolute Gasteiger partial charge is 0.414 e. The molecule has 2 aromatic carbocycles. The summed E-state index contributed by atoms with van der Waals surface area (Å²) in [7, 11) is 0. The van der Waals surface area contributed by atoms with Gasteiger partial charge in [-0.3, -0.25) is 20.2 Å². The predicted molar refractivity (Wildman–Crippen MR) is 182 cm³/mol. The summed E-state index contributed by atoms with van der Waals surface area (Å²) in [6.45, 7) is 15.2. The third-order valence-electron chi connectivity index (χ3n) is 5.42. The van der Waals surface area contributed by atoms with Crippen LogP contribution in [-0.4, -0.2) is 61.5 Å². The van der Waals surface area contributed by atoms with Gasteiger partial charge in [-0.15, -0.1) is 6.58 Å². The van der Waals surface area contributed by atoms with Crippen LogP contribution in [0, 0.1) is 0 Å². The molecule has 0 saturated heterocycles. The lowest BCUT2D eigenvalue weighted by atomic mass is 10.1. The van der Waals surface area contributed by atoms with E-state index in [-0.39, 0.29) is 47.1 Å². The zero-order chi connectivity index (χ0) is 34.1. The Labute approximate surface area is 279 Å². The Balaban J connectivity index is 2.26. The van der Waals surface area contributed by atoms with Crippen LogP contribution in [0.5, 0.6) is 5.75 Å². The first kappa shape index (κ1) is 37.8. The van der Waals surface area contributed by atoms with Crippen molar-refractivity contribution in [1.82, 2.24) is 16.0 Å². The Morgan fingerprint density at radius 2 is 1.65 bits per heavy atom. The van der Waals surface area contributed by atoms with Gasteiger partial charge in [0, 0.05) is 12.1 Å². The molecule has 0 bridgehead atoms. The Morgan fingerprint density at radius 1 is 0.978 bits per heavy atom. The van der Waals surface area contributed by atoms with Crippen molar-refractivity contribution in [2.75, 3.05) is 31.6 Å². The molecule has 0 spiro atoms. The van der Waals surface area contributed by atoms with Crippen LogP contribution in [0.25, 0.3) is 0 Å². The van der Waals surface area contributed by atoms with Crippen molar-refractivity contribution >= 4 is 58.5 Å². The molecule has 46 heavy (non-hydrogen) atoms. The molecule has 0 atom stereocenters. The summed E-state index contributed by atoms with van der Waals surface area (Å²) in [6.07, 6.45) is 2.22. The normalized spacial score (nSPS) is 11.7. The molecule has 0 aliphatic rings. The molecule has 3 amide bonds. The second-order valence-corrected chi connectivity index (χ2v) is 11.3. The number of halogens is 2. The molecule has 0 unspecified atom stereocenters. The molecule has 0 aromatic heterocycles. The van der Waals surface area contributed by atoms with E-state index in [0.717, 1.165) is 0 Å². The van der Waals surface area contributed by atoms with Crippen molar-refractivity contribution in [3.8, 4) is 5.75 Å². The van der Waals surface area contributed by atoms with E-state index in [1.807, 2.05) is 0 Å². The number of amides is 3. The minimum Gasteiger partial charge on any atom is -0.490 e. The monoisotopic (exact) mass is 674 g/mol. The van der Waals surface area contributed by atoms with Crippen molar-refractivity contribution in [2.24, 2.45) is 10.1 Å². The minimum atomic E-state index is -0.830. The van der Waals surface area contributed by atoms with Gasteiger partial charge in [-0.25, -0.2) is 9.79 Å². The quantitative estimate of drug-likeness (QED) is 0.0631. The summed E-state index contributed by atoms with van der Waals surface area (Å²) in [5.41, 5.74) is 0.931. The molecule has 0 aliphatic carbocycles. The van der Waals surface area contributed by atoms with Gasteiger partial charge in [-0.2, -0.15) is 0 Å². The summed E-state index contributed by atoms with van der Waals surface area (Å²) in [5, 5.41) is 15.1. The number of nitrogens with zero attached hydrogens (tertiary/aromatic N) is 2. The molecule has 0 saturated carbocycles. The number of rotatable bonds is 15. The lowest BCUT2D eigenvalue weighted by Crippen LogP contribution is -2.46. The number of ether oxygens (including phenoxy) is 2. The zero-order valence-electron chi connectivity index (χ0n) is 26.4. The fourth-order valence-corrected chi connectivity index (χ4v) is 4.17. The second-order valence-electron chi connectivity index (χ2n) is 10.5. The van der Waals surface area contributed by atoms with Gasteiger partial charge in [0.05, 0.1) is 41.0 Å². The number of carbonyl (C=O) groups is 3.